The van der Waals surface area contributed by atoms with Crippen molar-refractivity contribution in [1.82, 2.24) is 4.90 Å². The molecule has 0 spiro atoms. The second-order valence-electron chi connectivity index (χ2n) is 6.93. The molecule has 0 unspecified atom stereocenters. The first kappa shape index (κ1) is 15.6. The van der Waals surface area contributed by atoms with Gasteiger partial charge in [0.15, 0.2) is 0 Å². The SMILES string of the molecule is O=C(c1cc2cc([N+](=O)[O-])ccc2s1)N1CC[C@H]2CCCC[C@H]2C1. The molecular formula is C18H20N2O3S. The fraction of sp³-hybridized carbons (Fsp3) is 0.500. The van der Waals surface area contributed by atoms with Gasteiger partial charge in [-0.05, 0) is 36.8 Å². The number of hydrogen-bond acceptors (Lipinski definition) is 4. The highest BCUT2D eigenvalue weighted by Crippen LogP contribution is 2.37. The van der Waals surface area contributed by atoms with Crippen LogP contribution in [0.3, 0.4) is 0 Å². The summed E-state index contributed by atoms with van der Waals surface area (Å²) < 4.78 is 0.927. The third-order valence-corrected chi connectivity index (χ3v) is 6.60. The molecule has 1 aliphatic carbocycles. The van der Waals surface area contributed by atoms with E-state index in [4.69, 9.17) is 0 Å². The third-order valence-electron chi connectivity index (χ3n) is 5.50. The quantitative estimate of drug-likeness (QED) is 0.597. The average Bonchev–Trinajstić information content (AvgIpc) is 3.03. The molecule has 4 rings (SSSR count). The van der Waals surface area contributed by atoms with Gasteiger partial charge in [0, 0.05) is 35.3 Å². The van der Waals surface area contributed by atoms with Crippen LogP contribution in [0.15, 0.2) is 24.3 Å². The van der Waals surface area contributed by atoms with E-state index in [-0.39, 0.29) is 11.6 Å². The van der Waals surface area contributed by atoms with Gasteiger partial charge in [0.25, 0.3) is 11.6 Å². The van der Waals surface area contributed by atoms with Crippen molar-refractivity contribution >= 4 is 33.0 Å². The highest BCUT2D eigenvalue weighted by atomic mass is 32.1. The van der Waals surface area contributed by atoms with Crippen LogP contribution in [0.5, 0.6) is 0 Å². The average molecular weight is 344 g/mol. The smallest absolute Gasteiger partial charge is 0.270 e. The second-order valence-corrected chi connectivity index (χ2v) is 8.02. The number of fused-ring (bicyclic) bond motifs is 2. The summed E-state index contributed by atoms with van der Waals surface area (Å²) in [6.45, 7) is 1.71. The molecule has 1 aromatic heterocycles. The number of likely N-dealkylation sites (tertiary alicyclic amines) is 1. The number of non-ortho nitro benzene ring substituents is 1. The maximum Gasteiger partial charge on any atom is 0.270 e. The topological polar surface area (TPSA) is 63.4 Å². The molecule has 1 aromatic carbocycles. The molecule has 1 saturated heterocycles. The van der Waals surface area contributed by atoms with Crippen LogP contribution < -0.4 is 0 Å². The van der Waals surface area contributed by atoms with Gasteiger partial charge in [0.2, 0.25) is 0 Å². The number of hydrogen-bond donors (Lipinski definition) is 0. The van der Waals surface area contributed by atoms with E-state index in [1.54, 1.807) is 12.1 Å². The van der Waals surface area contributed by atoms with E-state index in [0.717, 1.165) is 35.5 Å². The van der Waals surface area contributed by atoms with Gasteiger partial charge in [-0.2, -0.15) is 0 Å². The first-order chi connectivity index (χ1) is 11.6. The van der Waals surface area contributed by atoms with Gasteiger partial charge in [-0.1, -0.05) is 19.3 Å². The zero-order valence-electron chi connectivity index (χ0n) is 13.4. The van der Waals surface area contributed by atoms with E-state index in [0.29, 0.717) is 10.8 Å². The van der Waals surface area contributed by atoms with Crippen LogP contribution in [0.4, 0.5) is 5.69 Å². The van der Waals surface area contributed by atoms with E-state index in [9.17, 15) is 14.9 Å². The summed E-state index contributed by atoms with van der Waals surface area (Å²) in [6, 6.07) is 6.60. The molecule has 0 bridgehead atoms. The van der Waals surface area contributed by atoms with E-state index < -0.39 is 4.92 Å². The number of carbonyl (C=O) groups excluding carboxylic acids is 1. The molecule has 1 aliphatic heterocycles. The number of rotatable bonds is 2. The van der Waals surface area contributed by atoms with Gasteiger partial charge in [-0.15, -0.1) is 11.3 Å². The predicted molar refractivity (Wildman–Crippen MR) is 94.4 cm³/mol. The number of piperidine rings is 1. The minimum absolute atomic E-state index is 0.0716. The minimum atomic E-state index is -0.396. The molecule has 2 heterocycles. The van der Waals surface area contributed by atoms with Gasteiger partial charge in [0.1, 0.15) is 0 Å². The number of nitro benzene ring substituents is 1. The summed E-state index contributed by atoms with van der Waals surface area (Å²) in [5.74, 6) is 1.54. The molecule has 2 aromatic rings. The minimum Gasteiger partial charge on any atom is -0.338 e. The van der Waals surface area contributed by atoms with Crippen molar-refractivity contribution in [3.05, 3.63) is 39.3 Å². The van der Waals surface area contributed by atoms with Crippen LogP contribution in [0.1, 0.15) is 41.8 Å². The molecule has 6 heteroatoms. The fourth-order valence-corrected chi connectivity index (χ4v) is 5.20. The monoisotopic (exact) mass is 344 g/mol. The zero-order chi connectivity index (χ0) is 16.7. The van der Waals surface area contributed by atoms with Crippen molar-refractivity contribution < 1.29 is 9.72 Å². The Morgan fingerprint density at radius 2 is 1.96 bits per heavy atom. The molecule has 126 valence electrons. The van der Waals surface area contributed by atoms with Crippen molar-refractivity contribution in [2.75, 3.05) is 13.1 Å². The van der Waals surface area contributed by atoms with Crippen LogP contribution in [-0.4, -0.2) is 28.8 Å². The maximum atomic E-state index is 12.9. The van der Waals surface area contributed by atoms with E-state index in [1.165, 1.54) is 43.1 Å². The van der Waals surface area contributed by atoms with Crippen LogP contribution in [0, 0.1) is 22.0 Å². The highest BCUT2D eigenvalue weighted by Gasteiger charge is 2.33. The molecule has 2 aliphatic rings. The lowest BCUT2D eigenvalue weighted by Crippen LogP contribution is -2.44. The summed E-state index contributed by atoms with van der Waals surface area (Å²) in [5.41, 5.74) is 0.0716. The summed E-state index contributed by atoms with van der Waals surface area (Å²) in [6.07, 6.45) is 6.30. The molecule has 0 radical (unpaired) electrons. The summed E-state index contributed by atoms with van der Waals surface area (Å²) >= 11 is 1.44. The number of nitro groups is 1. The van der Waals surface area contributed by atoms with Crippen molar-refractivity contribution in [2.45, 2.75) is 32.1 Å². The van der Waals surface area contributed by atoms with Crippen LogP contribution >= 0.6 is 11.3 Å². The molecule has 1 amide bonds. The number of thiophene rings is 1. The third kappa shape index (κ3) is 2.79. The van der Waals surface area contributed by atoms with E-state index in [2.05, 4.69) is 0 Å². The second kappa shape index (κ2) is 6.16. The summed E-state index contributed by atoms with van der Waals surface area (Å²) in [5, 5.41) is 11.7. The Balaban J connectivity index is 1.55. The maximum absolute atomic E-state index is 12.9. The lowest BCUT2D eigenvalue weighted by atomic mass is 9.75. The number of benzene rings is 1. The fourth-order valence-electron chi connectivity index (χ4n) is 4.19. The lowest BCUT2D eigenvalue weighted by Gasteiger charge is -2.41. The van der Waals surface area contributed by atoms with Crippen LogP contribution in [0.25, 0.3) is 10.1 Å². The Hall–Kier alpha value is -1.95. The van der Waals surface area contributed by atoms with E-state index in [1.807, 2.05) is 11.0 Å². The molecule has 5 nitrogen and oxygen atoms in total. The van der Waals surface area contributed by atoms with Crippen molar-refractivity contribution in [3.8, 4) is 0 Å². The van der Waals surface area contributed by atoms with Gasteiger partial charge >= 0.3 is 0 Å². The first-order valence-electron chi connectivity index (χ1n) is 8.59. The normalized spacial score (nSPS) is 23.9. The van der Waals surface area contributed by atoms with Crippen molar-refractivity contribution in [2.24, 2.45) is 11.8 Å². The first-order valence-corrected chi connectivity index (χ1v) is 9.41. The molecule has 24 heavy (non-hydrogen) atoms. The highest BCUT2D eigenvalue weighted by molar-refractivity contribution is 7.20. The largest absolute Gasteiger partial charge is 0.338 e. The standard InChI is InChI=1S/C18H20N2O3S/c21-18(19-8-7-12-3-1-2-4-13(12)11-19)17-10-14-9-15(20(22)23)5-6-16(14)24-17/h5-6,9-10,12-13H,1-4,7-8,11H2/t12-,13+/m1/s1. The van der Waals surface area contributed by atoms with Crippen molar-refractivity contribution in [3.63, 3.8) is 0 Å². The Labute approximate surface area is 144 Å². The number of amides is 1. The Kier molecular flexibility index (Phi) is 4.00. The van der Waals surface area contributed by atoms with Gasteiger partial charge in [-0.3, -0.25) is 14.9 Å². The summed E-state index contributed by atoms with van der Waals surface area (Å²) in [4.78, 5) is 26.1. The Morgan fingerprint density at radius 3 is 2.75 bits per heavy atom. The molecular weight excluding hydrogens is 324 g/mol. The van der Waals surface area contributed by atoms with E-state index >= 15 is 0 Å². The molecule has 2 fully saturated rings. The molecule has 2 atom stereocenters. The van der Waals surface area contributed by atoms with Crippen molar-refractivity contribution in [1.29, 1.82) is 0 Å². The predicted octanol–water partition coefficient (Wildman–Crippen LogP) is 4.46. The van der Waals surface area contributed by atoms with Gasteiger partial charge < -0.3 is 4.90 Å². The summed E-state index contributed by atoms with van der Waals surface area (Å²) in [7, 11) is 0. The number of carbonyl (C=O) groups is 1. The molecule has 0 N–H and O–H groups in total. The number of nitrogens with zero attached hydrogens (tertiary/aromatic N) is 2. The van der Waals surface area contributed by atoms with Crippen LogP contribution in [-0.2, 0) is 0 Å². The zero-order valence-corrected chi connectivity index (χ0v) is 14.3. The van der Waals surface area contributed by atoms with Gasteiger partial charge in [0.05, 0.1) is 9.80 Å². The van der Waals surface area contributed by atoms with Crippen LogP contribution in [0.2, 0.25) is 0 Å². The lowest BCUT2D eigenvalue weighted by molar-refractivity contribution is -0.384. The van der Waals surface area contributed by atoms with Gasteiger partial charge in [-0.25, -0.2) is 0 Å². The Bertz CT molecular complexity index is 801. The molecule has 1 saturated carbocycles. The Morgan fingerprint density at radius 1 is 1.17 bits per heavy atom.